The first-order valence-electron chi connectivity index (χ1n) is 6.92. The zero-order valence-electron chi connectivity index (χ0n) is 11.5. The van der Waals surface area contributed by atoms with Crippen LogP contribution in [0.5, 0.6) is 0 Å². The summed E-state index contributed by atoms with van der Waals surface area (Å²) < 4.78 is 0. The van der Waals surface area contributed by atoms with Crippen molar-refractivity contribution in [3.05, 3.63) is 35.4 Å². The second-order valence-corrected chi connectivity index (χ2v) is 5.59. The Bertz CT molecular complexity index is 413. The van der Waals surface area contributed by atoms with Crippen molar-refractivity contribution in [3.63, 3.8) is 0 Å². The first-order valence-corrected chi connectivity index (χ1v) is 6.92. The van der Waals surface area contributed by atoms with Gasteiger partial charge < -0.3 is 4.90 Å². The van der Waals surface area contributed by atoms with E-state index in [0.717, 1.165) is 32.4 Å². The first kappa shape index (κ1) is 13.3. The van der Waals surface area contributed by atoms with Crippen molar-refractivity contribution < 1.29 is 4.79 Å². The molecule has 2 nitrogen and oxygen atoms in total. The van der Waals surface area contributed by atoms with E-state index in [1.54, 1.807) is 0 Å². The lowest BCUT2D eigenvalue weighted by molar-refractivity contribution is -0.125. The van der Waals surface area contributed by atoms with Crippen LogP contribution in [-0.4, -0.2) is 24.3 Å². The maximum atomic E-state index is 11.8. The van der Waals surface area contributed by atoms with Crippen LogP contribution in [0.3, 0.4) is 0 Å². The minimum atomic E-state index is 0.272. The second-order valence-electron chi connectivity index (χ2n) is 5.59. The molecule has 0 spiro atoms. The van der Waals surface area contributed by atoms with Crippen molar-refractivity contribution >= 4 is 5.78 Å². The predicted molar refractivity (Wildman–Crippen MR) is 74.5 cm³/mol. The minimum absolute atomic E-state index is 0.272. The molecule has 0 heterocycles. The smallest absolute Gasteiger partial charge is 0.137 e. The number of carbonyl (C=O) groups is 1. The third-order valence-electron chi connectivity index (χ3n) is 3.75. The summed E-state index contributed by atoms with van der Waals surface area (Å²) in [5.41, 5.74) is 2.63. The van der Waals surface area contributed by atoms with Gasteiger partial charge in [0.2, 0.25) is 0 Å². The molecule has 1 unspecified atom stereocenters. The number of carbonyl (C=O) groups excluding carboxylic acids is 1. The molecule has 1 fully saturated rings. The number of nitrogens with zero attached hydrogens (tertiary/aromatic N) is 1. The van der Waals surface area contributed by atoms with Crippen LogP contribution in [0, 0.1) is 12.8 Å². The van der Waals surface area contributed by atoms with E-state index in [0.29, 0.717) is 5.78 Å². The van der Waals surface area contributed by atoms with E-state index in [9.17, 15) is 4.79 Å². The topological polar surface area (TPSA) is 20.3 Å². The van der Waals surface area contributed by atoms with E-state index in [1.165, 1.54) is 17.5 Å². The van der Waals surface area contributed by atoms with Gasteiger partial charge in [0.15, 0.2) is 0 Å². The van der Waals surface area contributed by atoms with Crippen LogP contribution in [0.2, 0.25) is 0 Å². The molecule has 1 saturated carbocycles. The fraction of sp³-hybridized carbons (Fsp3) is 0.562. The highest BCUT2D eigenvalue weighted by atomic mass is 16.1. The van der Waals surface area contributed by atoms with Crippen molar-refractivity contribution in [2.75, 3.05) is 13.6 Å². The molecule has 0 aliphatic heterocycles. The van der Waals surface area contributed by atoms with Gasteiger partial charge in [-0.25, -0.2) is 0 Å². The average Bonchev–Trinajstić information content (AvgIpc) is 2.32. The third kappa shape index (κ3) is 3.67. The molecule has 1 aliphatic carbocycles. The van der Waals surface area contributed by atoms with E-state index >= 15 is 0 Å². The van der Waals surface area contributed by atoms with Crippen LogP contribution < -0.4 is 0 Å². The Morgan fingerprint density at radius 2 is 2.17 bits per heavy atom. The Morgan fingerprint density at radius 3 is 2.89 bits per heavy atom. The summed E-state index contributed by atoms with van der Waals surface area (Å²) in [6, 6.07) is 8.60. The van der Waals surface area contributed by atoms with Gasteiger partial charge >= 0.3 is 0 Å². The molecule has 1 aliphatic rings. The van der Waals surface area contributed by atoms with Gasteiger partial charge in [-0.3, -0.25) is 4.79 Å². The number of hydrogen-bond acceptors (Lipinski definition) is 2. The molecule has 1 aromatic carbocycles. The summed E-state index contributed by atoms with van der Waals surface area (Å²) in [5, 5.41) is 0. The van der Waals surface area contributed by atoms with Crippen molar-refractivity contribution in [2.45, 2.75) is 39.2 Å². The van der Waals surface area contributed by atoms with Gasteiger partial charge in [-0.1, -0.05) is 36.2 Å². The summed E-state index contributed by atoms with van der Waals surface area (Å²) in [4.78, 5) is 14.1. The molecule has 1 aromatic rings. The minimum Gasteiger partial charge on any atom is -0.301 e. The van der Waals surface area contributed by atoms with Gasteiger partial charge in [-0.2, -0.15) is 0 Å². The van der Waals surface area contributed by atoms with Crippen LogP contribution in [0.1, 0.15) is 36.8 Å². The van der Waals surface area contributed by atoms with Crippen molar-refractivity contribution in [2.24, 2.45) is 5.92 Å². The summed E-state index contributed by atoms with van der Waals surface area (Å²) in [6.45, 7) is 3.96. The standard InChI is InChI=1S/C16H23NO/c1-13-6-5-7-14(10-13)11-17(2)12-15-8-3-4-9-16(15)18/h5-7,10,15H,3-4,8-9,11-12H2,1-2H3. The number of ketones is 1. The first-order chi connectivity index (χ1) is 8.65. The second kappa shape index (κ2) is 6.14. The molecule has 98 valence electrons. The van der Waals surface area contributed by atoms with Gasteiger partial charge in [0.1, 0.15) is 5.78 Å². The van der Waals surface area contributed by atoms with Crippen molar-refractivity contribution in [3.8, 4) is 0 Å². The number of Topliss-reactive ketones (excluding diaryl/α,β-unsaturated/α-hetero) is 1. The Balaban J connectivity index is 1.88. The fourth-order valence-corrected chi connectivity index (χ4v) is 2.81. The highest BCUT2D eigenvalue weighted by Gasteiger charge is 2.23. The predicted octanol–water partition coefficient (Wildman–Crippen LogP) is 3.19. The summed E-state index contributed by atoms with van der Waals surface area (Å²) >= 11 is 0. The third-order valence-corrected chi connectivity index (χ3v) is 3.75. The molecular formula is C16H23NO. The molecule has 1 atom stereocenters. The normalized spacial score (nSPS) is 20.4. The lowest BCUT2D eigenvalue weighted by Crippen LogP contribution is -2.32. The summed E-state index contributed by atoms with van der Waals surface area (Å²) in [7, 11) is 2.12. The van der Waals surface area contributed by atoms with Gasteiger partial charge in [0.05, 0.1) is 0 Å². The lowest BCUT2D eigenvalue weighted by atomic mass is 9.87. The van der Waals surface area contributed by atoms with Crippen LogP contribution in [0.4, 0.5) is 0 Å². The van der Waals surface area contributed by atoms with E-state index < -0.39 is 0 Å². The van der Waals surface area contributed by atoms with Gasteiger partial charge in [-0.15, -0.1) is 0 Å². The van der Waals surface area contributed by atoms with Crippen molar-refractivity contribution in [1.82, 2.24) is 4.90 Å². The molecule has 0 bridgehead atoms. The van der Waals surface area contributed by atoms with Crippen LogP contribution in [-0.2, 0) is 11.3 Å². The molecule has 0 saturated heterocycles. The quantitative estimate of drug-likeness (QED) is 0.812. The molecule has 2 rings (SSSR count). The summed E-state index contributed by atoms with van der Waals surface area (Å²) in [6.07, 6.45) is 4.19. The zero-order chi connectivity index (χ0) is 13.0. The van der Waals surface area contributed by atoms with E-state index in [1.807, 2.05) is 0 Å². The van der Waals surface area contributed by atoms with Gasteiger partial charge in [0.25, 0.3) is 0 Å². The monoisotopic (exact) mass is 245 g/mol. The van der Waals surface area contributed by atoms with Gasteiger partial charge in [-0.05, 0) is 32.4 Å². The highest BCUT2D eigenvalue weighted by molar-refractivity contribution is 5.81. The van der Waals surface area contributed by atoms with Crippen LogP contribution >= 0.6 is 0 Å². The highest BCUT2D eigenvalue weighted by Crippen LogP contribution is 2.21. The largest absolute Gasteiger partial charge is 0.301 e. The molecular weight excluding hydrogens is 222 g/mol. The SMILES string of the molecule is Cc1cccc(CN(C)CC2CCCCC2=O)c1. The van der Waals surface area contributed by atoms with E-state index in [-0.39, 0.29) is 5.92 Å². The molecule has 18 heavy (non-hydrogen) atoms. The number of benzene rings is 1. The van der Waals surface area contributed by atoms with Crippen molar-refractivity contribution in [1.29, 1.82) is 0 Å². The molecule has 0 aromatic heterocycles. The van der Waals surface area contributed by atoms with Crippen LogP contribution in [0.15, 0.2) is 24.3 Å². The maximum absolute atomic E-state index is 11.8. The molecule has 0 amide bonds. The van der Waals surface area contributed by atoms with Crippen LogP contribution in [0.25, 0.3) is 0 Å². The van der Waals surface area contributed by atoms with Gasteiger partial charge in [0, 0.05) is 25.4 Å². The van der Waals surface area contributed by atoms with E-state index in [2.05, 4.69) is 43.1 Å². The number of rotatable bonds is 4. The molecule has 0 radical (unpaired) electrons. The Kier molecular flexibility index (Phi) is 4.54. The summed E-state index contributed by atoms with van der Waals surface area (Å²) in [5.74, 6) is 0.742. The zero-order valence-corrected chi connectivity index (χ0v) is 11.5. The maximum Gasteiger partial charge on any atom is 0.137 e. The lowest BCUT2D eigenvalue weighted by Gasteiger charge is -2.26. The average molecular weight is 245 g/mol. The Morgan fingerprint density at radius 1 is 1.33 bits per heavy atom. The number of hydrogen-bond donors (Lipinski definition) is 0. The number of aryl methyl sites for hydroxylation is 1. The Labute approximate surface area is 110 Å². The fourth-order valence-electron chi connectivity index (χ4n) is 2.81. The van der Waals surface area contributed by atoms with E-state index in [4.69, 9.17) is 0 Å². The molecule has 0 N–H and O–H groups in total. The molecule has 2 heteroatoms. The Hall–Kier alpha value is -1.15.